The number of aliphatic imine (C=N–C) groups is 1. The molecular weight excluding hydrogens is 410 g/mol. The van der Waals surface area contributed by atoms with Gasteiger partial charge in [0.1, 0.15) is 23.5 Å². The van der Waals surface area contributed by atoms with E-state index in [0.717, 1.165) is 42.8 Å². The van der Waals surface area contributed by atoms with Crippen LogP contribution in [-0.4, -0.2) is 22.7 Å². The third-order valence-electron chi connectivity index (χ3n) is 10.6. The standard InChI is InChI=1S/C29H39NO3/c1-7-25(32)29(6)17(2)12-23-22-9-8-19-14-20(30-21-13-18(3)33-16-21)10-11-27(19,4)26(22)24(31)15-28(23,29)5/h10-11,13-14,16-17,22-24,26,31H,7-9,12,15H2,1-6H3/t17-,22+,23+,24+,26-,27+,28+,29-/m1/s1. The normalized spacial score (nSPS) is 45.4. The molecule has 0 unspecified atom stereocenters. The van der Waals surface area contributed by atoms with Gasteiger partial charge in [-0.2, -0.15) is 0 Å². The minimum Gasteiger partial charge on any atom is -0.467 e. The molecule has 1 aromatic rings. The van der Waals surface area contributed by atoms with Crippen molar-refractivity contribution in [1.29, 1.82) is 0 Å². The van der Waals surface area contributed by atoms with Crippen molar-refractivity contribution in [2.75, 3.05) is 0 Å². The monoisotopic (exact) mass is 449 g/mol. The maximum Gasteiger partial charge on any atom is 0.139 e. The number of furan rings is 1. The number of fused-ring (bicyclic) bond motifs is 5. The van der Waals surface area contributed by atoms with E-state index < -0.39 is 6.10 Å². The highest BCUT2D eigenvalue weighted by Gasteiger charge is 2.68. The summed E-state index contributed by atoms with van der Waals surface area (Å²) in [4.78, 5) is 18.0. The lowest BCUT2D eigenvalue weighted by molar-refractivity contribution is -0.155. The van der Waals surface area contributed by atoms with Crippen molar-refractivity contribution in [1.82, 2.24) is 0 Å². The summed E-state index contributed by atoms with van der Waals surface area (Å²) in [6, 6.07) is 1.95. The zero-order valence-corrected chi connectivity index (χ0v) is 21.0. The number of hydrogen-bond acceptors (Lipinski definition) is 4. The van der Waals surface area contributed by atoms with Crippen molar-refractivity contribution in [3.05, 3.63) is 41.9 Å². The van der Waals surface area contributed by atoms with Crippen molar-refractivity contribution in [3.63, 3.8) is 0 Å². The highest BCUT2D eigenvalue weighted by Crippen LogP contribution is 2.71. The summed E-state index contributed by atoms with van der Waals surface area (Å²) >= 11 is 0. The Balaban J connectivity index is 1.49. The molecule has 0 aromatic carbocycles. The Morgan fingerprint density at radius 2 is 2.06 bits per heavy atom. The first-order chi connectivity index (χ1) is 15.5. The van der Waals surface area contributed by atoms with Gasteiger partial charge in [0.15, 0.2) is 0 Å². The maximum absolute atomic E-state index is 13.2. The van der Waals surface area contributed by atoms with Gasteiger partial charge in [0, 0.05) is 29.2 Å². The minimum atomic E-state index is -0.404. The highest BCUT2D eigenvalue weighted by atomic mass is 16.3. The predicted octanol–water partition coefficient (Wildman–Crippen LogP) is 6.60. The summed E-state index contributed by atoms with van der Waals surface area (Å²) in [5, 5.41) is 11.7. The molecule has 33 heavy (non-hydrogen) atoms. The molecule has 4 nitrogen and oxygen atoms in total. The summed E-state index contributed by atoms with van der Waals surface area (Å²) in [5.74, 6) is 2.71. The number of rotatable bonds is 3. The van der Waals surface area contributed by atoms with Crippen molar-refractivity contribution in [3.8, 4) is 0 Å². The van der Waals surface area contributed by atoms with Gasteiger partial charge in [-0.1, -0.05) is 46.3 Å². The summed E-state index contributed by atoms with van der Waals surface area (Å²) in [6.07, 6.45) is 12.5. The molecule has 3 saturated carbocycles. The second kappa shape index (κ2) is 7.53. The third-order valence-corrected chi connectivity index (χ3v) is 10.6. The van der Waals surface area contributed by atoms with E-state index in [4.69, 9.17) is 9.41 Å². The Morgan fingerprint density at radius 1 is 1.30 bits per heavy atom. The number of nitrogens with zero attached hydrogens (tertiary/aromatic N) is 1. The van der Waals surface area contributed by atoms with Crippen molar-refractivity contribution >= 4 is 17.2 Å². The molecule has 1 aromatic heterocycles. The van der Waals surface area contributed by atoms with Crippen LogP contribution in [0, 0.1) is 46.8 Å². The van der Waals surface area contributed by atoms with Crippen LogP contribution in [0.4, 0.5) is 5.69 Å². The first-order valence-electron chi connectivity index (χ1n) is 12.8. The van der Waals surface area contributed by atoms with Crippen LogP contribution in [0.3, 0.4) is 0 Å². The fourth-order valence-electron chi connectivity index (χ4n) is 8.56. The lowest BCUT2D eigenvalue weighted by Crippen LogP contribution is -2.58. The molecule has 1 heterocycles. The van der Waals surface area contributed by atoms with E-state index >= 15 is 0 Å². The van der Waals surface area contributed by atoms with E-state index in [-0.39, 0.29) is 22.2 Å². The molecule has 0 amide bonds. The van der Waals surface area contributed by atoms with E-state index in [1.54, 1.807) is 6.26 Å². The number of carbonyl (C=O) groups is 1. The van der Waals surface area contributed by atoms with Gasteiger partial charge < -0.3 is 9.52 Å². The number of aryl methyl sites for hydroxylation is 1. The molecule has 4 heteroatoms. The van der Waals surface area contributed by atoms with Crippen molar-refractivity contribution in [2.45, 2.75) is 79.8 Å². The van der Waals surface area contributed by atoms with Crippen LogP contribution in [-0.2, 0) is 4.79 Å². The lowest BCUT2D eigenvalue weighted by Gasteiger charge is -2.60. The Hall–Kier alpha value is -1.94. The Bertz CT molecular complexity index is 1060. The van der Waals surface area contributed by atoms with Crippen LogP contribution in [0.15, 0.2) is 45.5 Å². The van der Waals surface area contributed by atoms with Crippen LogP contribution >= 0.6 is 0 Å². The summed E-state index contributed by atoms with van der Waals surface area (Å²) in [5.41, 5.74) is 2.53. The first kappa shape index (κ1) is 22.8. The summed E-state index contributed by atoms with van der Waals surface area (Å²) in [6.45, 7) is 13.0. The largest absolute Gasteiger partial charge is 0.467 e. The fourth-order valence-corrected chi connectivity index (χ4v) is 8.56. The Labute approximate surface area is 198 Å². The molecule has 8 atom stereocenters. The van der Waals surface area contributed by atoms with Crippen LogP contribution in [0.25, 0.3) is 0 Å². The SMILES string of the molecule is CCC(=O)[C@@]1(C)[C@H](C)C[C@H]2[C@@H]3CCC4=CC(=Nc5coc(C)c5)C=C[C@]4(C)[C@H]3[C@@H](O)C[C@@]21C. The molecule has 0 bridgehead atoms. The molecule has 4 aliphatic carbocycles. The summed E-state index contributed by atoms with van der Waals surface area (Å²) in [7, 11) is 0. The van der Waals surface area contributed by atoms with Gasteiger partial charge in [0.25, 0.3) is 0 Å². The number of carbonyl (C=O) groups excluding carboxylic acids is 1. The predicted molar refractivity (Wildman–Crippen MR) is 131 cm³/mol. The Kier molecular flexibility index (Phi) is 5.21. The minimum absolute atomic E-state index is 0.137. The summed E-state index contributed by atoms with van der Waals surface area (Å²) < 4.78 is 5.41. The number of Topliss-reactive ketones (excluding diaryl/α,β-unsaturated/α-hetero) is 1. The number of hydrogen-bond donors (Lipinski definition) is 1. The Morgan fingerprint density at radius 3 is 2.73 bits per heavy atom. The van der Waals surface area contributed by atoms with Crippen LogP contribution in [0.1, 0.15) is 72.5 Å². The topological polar surface area (TPSA) is 62.8 Å². The third kappa shape index (κ3) is 3.05. The molecular formula is C29H39NO3. The van der Waals surface area contributed by atoms with Crippen LogP contribution < -0.4 is 0 Å². The van der Waals surface area contributed by atoms with Gasteiger partial charge in [-0.15, -0.1) is 0 Å². The average Bonchev–Trinajstić information content (AvgIpc) is 3.26. The van der Waals surface area contributed by atoms with Gasteiger partial charge in [-0.3, -0.25) is 4.79 Å². The second-order valence-corrected chi connectivity index (χ2v) is 11.9. The average molecular weight is 450 g/mol. The molecule has 0 radical (unpaired) electrons. The van der Waals surface area contributed by atoms with Crippen LogP contribution in [0.5, 0.6) is 0 Å². The maximum atomic E-state index is 13.2. The second-order valence-electron chi connectivity index (χ2n) is 11.9. The molecule has 178 valence electrons. The smallest absolute Gasteiger partial charge is 0.139 e. The van der Waals surface area contributed by atoms with Gasteiger partial charge in [-0.25, -0.2) is 4.99 Å². The van der Waals surface area contributed by atoms with Gasteiger partial charge >= 0.3 is 0 Å². The van der Waals surface area contributed by atoms with E-state index in [2.05, 4.69) is 45.9 Å². The number of aliphatic hydroxyl groups is 1. The van der Waals surface area contributed by atoms with Crippen molar-refractivity contribution < 1.29 is 14.3 Å². The number of ketones is 1. The lowest BCUT2D eigenvalue weighted by atomic mass is 9.44. The van der Waals surface area contributed by atoms with Crippen molar-refractivity contribution in [2.24, 2.45) is 44.9 Å². The molecule has 4 aliphatic rings. The fraction of sp³-hybridized carbons (Fsp3) is 0.655. The number of allylic oxidation sites excluding steroid dienone is 4. The van der Waals surface area contributed by atoms with E-state index in [1.807, 2.05) is 19.9 Å². The van der Waals surface area contributed by atoms with E-state index in [0.29, 0.717) is 30.0 Å². The molecule has 5 rings (SSSR count). The quantitative estimate of drug-likeness (QED) is 0.565. The van der Waals surface area contributed by atoms with Gasteiger partial charge in [0.2, 0.25) is 0 Å². The van der Waals surface area contributed by atoms with Gasteiger partial charge in [-0.05, 0) is 67.9 Å². The molecule has 0 aliphatic heterocycles. The zero-order chi connectivity index (χ0) is 23.8. The van der Waals surface area contributed by atoms with Crippen LogP contribution in [0.2, 0.25) is 0 Å². The number of aliphatic hydroxyl groups excluding tert-OH is 1. The molecule has 3 fully saturated rings. The highest BCUT2D eigenvalue weighted by molar-refractivity contribution is 6.07. The van der Waals surface area contributed by atoms with E-state index in [9.17, 15) is 9.90 Å². The molecule has 0 saturated heterocycles. The molecule has 0 spiro atoms. The zero-order valence-electron chi connectivity index (χ0n) is 21.0. The van der Waals surface area contributed by atoms with Gasteiger partial charge in [0.05, 0.1) is 11.8 Å². The molecule has 1 N–H and O–H groups in total. The first-order valence-corrected chi connectivity index (χ1v) is 12.8. The van der Waals surface area contributed by atoms with E-state index in [1.165, 1.54) is 5.57 Å².